The van der Waals surface area contributed by atoms with Crippen LogP contribution in [0.4, 0.5) is 0 Å². The monoisotopic (exact) mass is 417 g/mol. The van der Waals surface area contributed by atoms with Gasteiger partial charge in [-0.25, -0.2) is 0 Å². The lowest BCUT2D eigenvalue weighted by Gasteiger charge is -2.02. The Morgan fingerprint density at radius 2 is 1.36 bits per heavy atom. The molecule has 3 rings (SSSR count). The summed E-state index contributed by atoms with van der Waals surface area (Å²) in [5.74, 6) is 1.04. The van der Waals surface area contributed by atoms with Crippen LogP contribution in [-0.4, -0.2) is 0 Å². The van der Waals surface area contributed by atoms with Crippen LogP contribution in [0.5, 0.6) is 0 Å². The molecule has 0 amide bonds. The summed E-state index contributed by atoms with van der Waals surface area (Å²) in [6, 6.07) is 28.7. The Morgan fingerprint density at radius 3 is 2.05 bits per heavy atom. The molecule has 0 N–H and O–H groups in total. The van der Waals surface area contributed by atoms with E-state index in [9.17, 15) is 0 Å². The average molecular weight is 417 g/mol. The fraction of sp³-hybridized carbons (Fsp3) is 0.100. The third-order valence-electron chi connectivity index (χ3n) is 3.29. The number of benzene rings is 3. The van der Waals surface area contributed by atoms with Crippen LogP contribution in [-0.2, 0) is 5.75 Å². The minimum Gasteiger partial charge on any atom is -0.121 e. The van der Waals surface area contributed by atoms with Gasteiger partial charge < -0.3 is 0 Å². The SMILES string of the molecule is Cc1ccc(CSc2ccc([I+]c3ccccc3)cc2)cc1. The van der Waals surface area contributed by atoms with Gasteiger partial charge in [0.05, 0.1) is 0 Å². The minimum absolute atomic E-state index is 0.0515. The van der Waals surface area contributed by atoms with Crippen LogP contribution in [0.15, 0.2) is 83.8 Å². The first kappa shape index (κ1) is 15.6. The Hall–Kier alpha value is -1.26. The van der Waals surface area contributed by atoms with Crippen molar-refractivity contribution in [3.8, 4) is 0 Å². The molecule has 0 nitrogen and oxygen atoms in total. The van der Waals surface area contributed by atoms with Gasteiger partial charge in [-0.05, 0) is 48.9 Å². The first-order chi connectivity index (χ1) is 10.8. The molecule has 3 aromatic rings. The molecule has 2 heteroatoms. The van der Waals surface area contributed by atoms with Gasteiger partial charge in [-0.1, -0.05) is 48.0 Å². The van der Waals surface area contributed by atoms with Crippen LogP contribution in [0.25, 0.3) is 0 Å². The van der Waals surface area contributed by atoms with E-state index in [1.807, 2.05) is 11.8 Å². The molecular weight excluding hydrogens is 399 g/mol. The van der Waals surface area contributed by atoms with E-state index in [1.54, 1.807) is 0 Å². The quantitative estimate of drug-likeness (QED) is 0.454. The molecule has 0 spiro atoms. The van der Waals surface area contributed by atoms with Crippen molar-refractivity contribution in [1.29, 1.82) is 0 Å². The molecular formula is C20H18IS+. The molecule has 0 unspecified atom stereocenters. The summed E-state index contributed by atoms with van der Waals surface area (Å²) in [5.41, 5.74) is 2.71. The summed E-state index contributed by atoms with van der Waals surface area (Å²) in [6.07, 6.45) is 0. The van der Waals surface area contributed by atoms with Crippen molar-refractivity contribution < 1.29 is 21.2 Å². The zero-order chi connectivity index (χ0) is 15.2. The molecule has 0 radical (unpaired) electrons. The van der Waals surface area contributed by atoms with Gasteiger partial charge >= 0.3 is 21.2 Å². The summed E-state index contributed by atoms with van der Waals surface area (Å²) in [5, 5.41) is 0. The molecule has 0 aliphatic carbocycles. The predicted molar refractivity (Wildman–Crippen MR) is 91.0 cm³/mol. The van der Waals surface area contributed by atoms with Gasteiger partial charge in [0, 0.05) is 10.6 Å². The maximum absolute atomic E-state index is 2.29. The Bertz CT molecular complexity index is 703. The van der Waals surface area contributed by atoms with E-state index in [-0.39, 0.29) is 21.2 Å². The van der Waals surface area contributed by atoms with E-state index in [1.165, 1.54) is 23.2 Å². The molecule has 0 bridgehead atoms. The number of halogens is 1. The Labute approximate surface area is 147 Å². The number of hydrogen-bond acceptors (Lipinski definition) is 1. The van der Waals surface area contributed by atoms with E-state index in [0.29, 0.717) is 0 Å². The number of aryl methyl sites for hydroxylation is 1. The highest BCUT2D eigenvalue weighted by molar-refractivity contribution is 7.98. The van der Waals surface area contributed by atoms with Gasteiger partial charge in [0.25, 0.3) is 0 Å². The van der Waals surface area contributed by atoms with Gasteiger partial charge in [-0.3, -0.25) is 0 Å². The van der Waals surface area contributed by atoms with Crippen molar-refractivity contribution in [2.45, 2.75) is 17.6 Å². The molecule has 22 heavy (non-hydrogen) atoms. The molecule has 3 aromatic carbocycles. The molecule has 0 aliphatic rings. The van der Waals surface area contributed by atoms with Crippen LogP contribution in [0.3, 0.4) is 0 Å². The van der Waals surface area contributed by atoms with Crippen molar-refractivity contribution in [2.24, 2.45) is 0 Å². The van der Waals surface area contributed by atoms with Crippen molar-refractivity contribution >= 4 is 11.8 Å². The maximum Gasteiger partial charge on any atom is 0.357 e. The minimum atomic E-state index is -0.0515. The highest BCUT2D eigenvalue weighted by atomic mass is 127. The lowest BCUT2D eigenvalue weighted by Crippen LogP contribution is -3.61. The first-order valence-electron chi connectivity index (χ1n) is 7.28. The normalized spacial score (nSPS) is 10.6. The Morgan fingerprint density at radius 1 is 0.727 bits per heavy atom. The van der Waals surface area contributed by atoms with Gasteiger partial charge in [0.1, 0.15) is 0 Å². The Kier molecular flexibility index (Phi) is 5.57. The fourth-order valence-corrected chi connectivity index (χ4v) is 5.12. The van der Waals surface area contributed by atoms with Gasteiger partial charge in [0.2, 0.25) is 0 Å². The summed E-state index contributed by atoms with van der Waals surface area (Å²) < 4.78 is 2.95. The van der Waals surface area contributed by atoms with Crippen molar-refractivity contribution in [1.82, 2.24) is 0 Å². The lowest BCUT2D eigenvalue weighted by molar-refractivity contribution is -0.597. The Balaban J connectivity index is 1.58. The number of hydrogen-bond donors (Lipinski definition) is 0. The smallest absolute Gasteiger partial charge is 0.121 e. The molecule has 0 aromatic heterocycles. The zero-order valence-corrected chi connectivity index (χ0v) is 15.5. The topological polar surface area (TPSA) is 0 Å². The third-order valence-corrected chi connectivity index (χ3v) is 7.06. The summed E-state index contributed by atoms with van der Waals surface area (Å²) in [4.78, 5) is 1.35. The van der Waals surface area contributed by atoms with E-state index in [4.69, 9.17) is 0 Å². The van der Waals surface area contributed by atoms with Crippen molar-refractivity contribution in [3.05, 3.63) is 97.1 Å². The zero-order valence-electron chi connectivity index (χ0n) is 12.5. The maximum atomic E-state index is 2.29. The summed E-state index contributed by atoms with van der Waals surface area (Å²) >= 11 is 1.86. The highest BCUT2D eigenvalue weighted by Crippen LogP contribution is 2.22. The standard InChI is InChI=1S/C20H18IS/c1-16-7-9-17(10-8-16)15-22-20-13-11-19(12-14-20)21-18-5-3-2-4-6-18/h2-14H,15H2,1H3/q+1. The lowest BCUT2D eigenvalue weighted by atomic mass is 10.2. The van der Waals surface area contributed by atoms with Gasteiger partial charge in [-0.2, -0.15) is 0 Å². The van der Waals surface area contributed by atoms with E-state index in [2.05, 4.69) is 85.8 Å². The highest BCUT2D eigenvalue weighted by Gasteiger charge is 2.14. The third kappa shape index (κ3) is 4.62. The second-order valence-corrected chi connectivity index (χ2v) is 9.20. The molecule has 0 atom stereocenters. The average Bonchev–Trinajstić information content (AvgIpc) is 2.57. The second-order valence-electron chi connectivity index (χ2n) is 5.12. The largest absolute Gasteiger partial charge is 0.357 e. The van der Waals surface area contributed by atoms with Crippen molar-refractivity contribution in [2.75, 3.05) is 0 Å². The number of rotatable bonds is 5. The van der Waals surface area contributed by atoms with E-state index in [0.717, 1.165) is 5.75 Å². The van der Waals surface area contributed by atoms with Crippen LogP contribution in [0.2, 0.25) is 0 Å². The van der Waals surface area contributed by atoms with Gasteiger partial charge in [-0.15, -0.1) is 11.8 Å². The summed E-state index contributed by atoms with van der Waals surface area (Å²) in [7, 11) is 0. The molecule has 110 valence electrons. The van der Waals surface area contributed by atoms with Crippen LogP contribution in [0, 0.1) is 14.1 Å². The van der Waals surface area contributed by atoms with E-state index < -0.39 is 0 Å². The van der Waals surface area contributed by atoms with Crippen LogP contribution >= 0.6 is 11.8 Å². The second kappa shape index (κ2) is 7.84. The van der Waals surface area contributed by atoms with E-state index >= 15 is 0 Å². The van der Waals surface area contributed by atoms with Gasteiger partial charge in [0.15, 0.2) is 7.14 Å². The first-order valence-corrected chi connectivity index (χ1v) is 10.4. The molecule has 0 fully saturated rings. The predicted octanol–water partition coefficient (Wildman–Crippen LogP) is 2.42. The van der Waals surface area contributed by atoms with Crippen LogP contribution in [0.1, 0.15) is 11.1 Å². The van der Waals surface area contributed by atoms with Crippen LogP contribution < -0.4 is 21.2 Å². The number of thioether (sulfide) groups is 1. The summed E-state index contributed by atoms with van der Waals surface area (Å²) in [6.45, 7) is 2.13. The van der Waals surface area contributed by atoms with Crippen molar-refractivity contribution in [3.63, 3.8) is 0 Å². The molecule has 0 saturated heterocycles. The fourth-order valence-electron chi connectivity index (χ4n) is 2.05. The molecule has 0 aliphatic heterocycles. The molecule has 0 heterocycles. The molecule has 0 saturated carbocycles.